The normalized spacial score (nSPS) is 9.96. The number of amides is 1. The van der Waals surface area contributed by atoms with Gasteiger partial charge in [0.05, 0.1) is 0 Å². The lowest BCUT2D eigenvalue weighted by atomic mass is 10.1. The van der Waals surface area contributed by atoms with Gasteiger partial charge in [-0.2, -0.15) is 0 Å². The number of hydrogen-bond acceptors (Lipinski definition) is 3. The van der Waals surface area contributed by atoms with E-state index in [0.29, 0.717) is 11.4 Å². The van der Waals surface area contributed by atoms with Gasteiger partial charge in [0.2, 0.25) is 0 Å². The van der Waals surface area contributed by atoms with Crippen molar-refractivity contribution in [1.29, 1.82) is 0 Å². The van der Waals surface area contributed by atoms with Crippen molar-refractivity contribution in [3.05, 3.63) is 59.4 Å². The number of rotatable bonds is 4. The number of aryl methyl sites for hydroxylation is 2. The number of para-hydroxylation sites is 1. The maximum Gasteiger partial charge on any atom is 0.276 e. The molecule has 0 heterocycles. The summed E-state index contributed by atoms with van der Waals surface area (Å²) >= 11 is 5.03. The molecular weight excluding hydrogens is 329 g/mol. The average molecular weight is 347 g/mol. The van der Waals surface area contributed by atoms with E-state index in [1.54, 1.807) is 0 Å². The van der Waals surface area contributed by atoms with Gasteiger partial charge < -0.3 is 10.1 Å². The quantitative estimate of drug-likeness (QED) is 0.586. The van der Waals surface area contributed by atoms with Gasteiger partial charge in [0.25, 0.3) is 5.91 Å². The van der Waals surface area contributed by atoms with Crippen molar-refractivity contribution < 1.29 is 13.9 Å². The highest BCUT2D eigenvalue weighted by atomic mass is 32.1. The first kappa shape index (κ1) is 17.7. The maximum atomic E-state index is 12.8. The van der Waals surface area contributed by atoms with Gasteiger partial charge in [0, 0.05) is 5.69 Å². The summed E-state index contributed by atoms with van der Waals surface area (Å²) < 4.78 is 18.3. The molecule has 2 aromatic rings. The summed E-state index contributed by atoms with van der Waals surface area (Å²) in [5, 5.41) is 3.00. The molecule has 0 aliphatic heterocycles. The predicted molar refractivity (Wildman–Crippen MR) is 95.3 cm³/mol. The number of benzene rings is 2. The average Bonchev–Trinajstić information content (AvgIpc) is 2.54. The molecule has 0 atom stereocenters. The van der Waals surface area contributed by atoms with Gasteiger partial charge in [-0.15, -0.1) is 0 Å². The molecule has 2 aromatic carbocycles. The third-order valence-corrected chi connectivity index (χ3v) is 3.38. The number of hydrazine groups is 1. The first-order valence-electron chi connectivity index (χ1n) is 7.26. The molecule has 7 heteroatoms. The van der Waals surface area contributed by atoms with Crippen LogP contribution in [0.15, 0.2) is 42.5 Å². The largest absolute Gasteiger partial charge is 0.483 e. The van der Waals surface area contributed by atoms with Crippen LogP contribution in [0.1, 0.15) is 11.1 Å². The van der Waals surface area contributed by atoms with Crippen LogP contribution in [-0.2, 0) is 4.79 Å². The Bertz CT molecular complexity index is 715. The van der Waals surface area contributed by atoms with Crippen molar-refractivity contribution >= 4 is 28.9 Å². The van der Waals surface area contributed by atoms with Crippen LogP contribution >= 0.6 is 12.2 Å². The summed E-state index contributed by atoms with van der Waals surface area (Å²) in [6, 6.07) is 11.5. The van der Waals surface area contributed by atoms with Gasteiger partial charge >= 0.3 is 0 Å². The van der Waals surface area contributed by atoms with Crippen molar-refractivity contribution in [1.82, 2.24) is 10.9 Å². The predicted octanol–water partition coefficient (Wildman–Crippen LogP) is 2.84. The zero-order valence-electron chi connectivity index (χ0n) is 13.4. The Morgan fingerprint density at radius 3 is 2.33 bits per heavy atom. The van der Waals surface area contributed by atoms with E-state index >= 15 is 0 Å². The molecule has 0 aromatic heterocycles. The van der Waals surface area contributed by atoms with E-state index in [0.717, 1.165) is 11.1 Å². The van der Waals surface area contributed by atoms with Crippen LogP contribution < -0.4 is 20.9 Å². The number of ether oxygens (including phenoxy) is 1. The zero-order chi connectivity index (χ0) is 17.5. The minimum absolute atomic E-state index is 0.141. The maximum absolute atomic E-state index is 12.8. The van der Waals surface area contributed by atoms with E-state index in [1.807, 2.05) is 32.0 Å². The first-order chi connectivity index (χ1) is 11.5. The van der Waals surface area contributed by atoms with E-state index in [2.05, 4.69) is 16.2 Å². The summed E-state index contributed by atoms with van der Waals surface area (Å²) in [7, 11) is 0. The van der Waals surface area contributed by atoms with E-state index in [1.165, 1.54) is 24.3 Å². The van der Waals surface area contributed by atoms with Gasteiger partial charge in [-0.3, -0.25) is 15.6 Å². The molecule has 0 aliphatic carbocycles. The van der Waals surface area contributed by atoms with E-state index in [9.17, 15) is 9.18 Å². The Morgan fingerprint density at radius 1 is 1.08 bits per heavy atom. The molecule has 0 unspecified atom stereocenters. The highest BCUT2D eigenvalue weighted by molar-refractivity contribution is 7.80. The van der Waals surface area contributed by atoms with Crippen molar-refractivity contribution in [3.8, 4) is 5.75 Å². The smallest absolute Gasteiger partial charge is 0.276 e. The second kappa shape index (κ2) is 8.26. The Labute approximate surface area is 145 Å². The molecule has 3 N–H and O–H groups in total. The molecule has 0 spiro atoms. The number of carbonyl (C=O) groups excluding carboxylic acids is 1. The molecule has 0 saturated heterocycles. The second-order valence-corrected chi connectivity index (χ2v) is 5.55. The minimum Gasteiger partial charge on any atom is -0.483 e. The lowest BCUT2D eigenvalue weighted by Gasteiger charge is -2.14. The molecule has 126 valence electrons. The number of halogens is 1. The van der Waals surface area contributed by atoms with Crippen molar-refractivity contribution in [2.24, 2.45) is 0 Å². The second-order valence-electron chi connectivity index (χ2n) is 5.14. The third-order valence-electron chi connectivity index (χ3n) is 3.17. The summed E-state index contributed by atoms with van der Waals surface area (Å²) in [6.45, 7) is 3.69. The fourth-order valence-electron chi connectivity index (χ4n) is 2.02. The fourth-order valence-corrected chi connectivity index (χ4v) is 2.19. The first-order valence-corrected chi connectivity index (χ1v) is 7.67. The van der Waals surface area contributed by atoms with Crippen molar-refractivity contribution in [3.63, 3.8) is 0 Å². The summed E-state index contributed by atoms with van der Waals surface area (Å²) in [6.07, 6.45) is 0. The van der Waals surface area contributed by atoms with Gasteiger partial charge in [0.15, 0.2) is 11.7 Å². The van der Waals surface area contributed by atoms with E-state index in [-0.39, 0.29) is 23.4 Å². The van der Waals surface area contributed by atoms with Gasteiger partial charge in [-0.1, -0.05) is 18.2 Å². The van der Waals surface area contributed by atoms with E-state index in [4.69, 9.17) is 17.0 Å². The molecule has 0 aliphatic rings. The topological polar surface area (TPSA) is 62.4 Å². The minimum atomic E-state index is -0.374. The van der Waals surface area contributed by atoms with Gasteiger partial charge in [0.1, 0.15) is 11.6 Å². The Hall–Kier alpha value is -2.67. The molecule has 0 fully saturated rings. The summed E-state index contributed by atoms with van der Waals surface area (Å²) in [4.78, 5) is 11.8. The SMILES string of the molecule is Cc1cccc(C)c1OCC(=O)NNC(=S)Nc1ccc(F)cc1. The van der Waals surface area contributed by atoms with Crippen LogP contribution in [0, 0.1) is 19.7 Å². The number of anilines is 1. The number of thiocarbonyl (C=S) groups is 1. The summed E-state index contributed by atoms with van der Waals surface area (Å²) in [5.41, 5.74) is 7.52. The van der Waals surface area contributed by atoms with Gasteiger partial charge in [-0.25, -0.2) is 4.39 Å². The summed E-state index contributed by atoms with van der Waals surface area (Å²) in [5.74, 6) is -0.0167. The molecule has 1 amide bonds. The fraction of sp³-hybridized carbons (Fsp3) is 0.176. The van der Waals surface area contributed by atoms with Crippen LogP contribution in [0.25, 0.3) is 0 Å². The standard InChI is InChI=1S/C17H18FN3O2S/c1-11-4-3-5-12(2)16(11)23-10-15(22)20-21-17(24)19-14-8-6-13(18)7-9-14/h3-9H,10H2,1-2H3,(H,20,22)(H2,19,21,24). The molecule has 0 bridgehead atoms. The molecule has 24 heavy (non-hydrogen) atoms. The molecule has 2 rings (SSSR count). The van der Waals surface area contributed by atoms with Crippen molar-refractivity contribution in [2.45, 2.75) is 13.8 Å². The number of carbonyl (C=O) groups is 1. The van der Waals surface area contributed by atoms with Gasteiger partial charge in [-0.05, 0) is 61.5 Å². The molecular formula is C17H18FN3O2S. The van der Waals surface area contributed by atoms with Crippen LogP contribution in [-0.4, -0.2) is 17.6 Å². The Morgan fingerprint density at radius 2 is 1.71 bits per heavy atom. The molecule has 0 saturated carbocycles. The highest BCUT2D eigenvalue weighted by Crippen LogP contribution is 2.21. The van der Waals surface area contributed by atoms with E-state index < -0.39 is 0 Å². The zero-order valence-corrected chi connectivity index (χ0v) is 14.2. The third kappa shape index (κ3) is 5.20. The monoisotopic (exact) mass is 347 g/mol. The van der Waals surface area contributed by atoms with Crippen molar-refractivity contribution in [2.75, 3.05) is 11.9 Å². The van der Waals surface area contributed by atoms with Crippen LogP contribution in [0.3, 0.4) is 0 Å². The number of nitrogens with one attached hydrogen (secondary N) is 3. The number of hydrogen-bond donors (Lipinski definition) is 3. The van der Waals surface area contributed by atoms with Crippen LogP contribution in [0.5, 0.6) is 5.75 Å². The molecule has 0 radical (unpaired) electrons. The lowest BCUT2D eigenvalue weighted by Crippen LogP contribution is -2.45. The molecule has 5 nitrogen and oxygen atoms in total. The Balaban J connectivity index is 1.76. The lowest BCUT2D eigenvalue weighted by molar-refractivity contribution is -0.123. The van der Waals surface area contributed by atoms with Crippen LogP contribution in [0.4, 0.5) is 10.1 Å². The highest BCUT2D eigenvalue weighted by Gasteiger charge is 2.07. The Kier molecular flexibility index (Phi) is 6.08. The van der Waals surface area contributed by atoms with Crippen LogP contribution in [0.2, 0.25) is 0 Å².